The predicted molar refractivity (Wildman–Crippen MR) is 133 cm³/mol. The smallest absolute Gasteiger partial charge is 0.255 e. The number of rotatable bonds is 6. The SMILES string of the molecule is CC1=C(C(=O)Nc2cccnc2)C(c2cccnc2)n2nc(SCc3ccccc3Cl)nc2N1. The summed E-state index contributed by atoms with van der Waals surface area (Å²) in [5, 5.41) is 12.2. The van der Waals surface area contributed by atoms with E-state index in [1.54, 1.807) is 41.6 Å². The highest BCUT2D eigenvalue weighted by Gasteiger charge is 2.34. The molecule has 4 heterocycles. The minimum Gasteiger partial charge on any atom is -0.328 e. The van der Waals surface area contributed by atoms with Crippen molar-refractivity contribution in [3.05, 3.63) is 101 Å². The number of anilines is 2. The van der Waals surface area contributed by atoms with Gasteiger partial charge in [0.25, 0.3) is 5.91 Å². The number of nitrogens with one attached hydrogen (secondary N) is 2. The van der Waals surface area contributed by atoms with E-state index in [0.717, 1.165) is 11.1 Å². The monoisotopic (exact) mass is 489 g/mol. The lowest BCUT2D eigenvalue weighted by atomic mass is 9.96. The third-order valence-electron chi connectivity index (χ3n) is 5.31. The van der Waals surface area contributed by atoms with E-state index >= 15 is 0 Å². The number of hydrogen-bond acceptors (Lipinski definition) is 7. The maximum atomic E-state index is 13.4. The fraction of sp³-hybridized carbons (Fsp3) is 0.125. The molecule has 0 bridgehead atoms. The van der Waals surface area contributed by atoms with Crippen LogP contribution in [-0.2, 0) is 10.5 Å². The molecule has 0 fully saturated rings. The van der Waals surface area contributed by atoms with E-state index in [4.69, 9.17) is 16.7 Å². The van der Waals surface area contributed by atoms with E-state index in [1.807, 2.05) is 43.3 Å². The highest BCUT2D eigenvalue weighted by molar-refractivity contribution is 7.98. The molecule has 170 valence electrons. The van der Waals surface area contributed by atoms with Crippen LogP contribution in [0.1, 0.15) is 24.1 Å². The first-order valence-corrected chi connectivity index (χ1v) is 11.9. The third kappa shape index (κ3) is 4.52. The number of carbonyl (C=O) groups is 1. The fourth-order valence-corrected chi connectivity index (χ4v) is 4.84. The molecule has 0 aliphatic carbocycles. The molecule has 0 radical (unpaired) electrons. The minimum atomic E-state index is -0.496. The van der Waals surface area contributed by atoms with Gasteiger partial charge in [-0.3, -0.25) is 14.8 Å². The Morgan fingerprint density at radius 2 is 1.91 bits per heavy atom. The predicted octanol–water partition coefficient (Wildman–Crippen LogP) is 4.94. The molecule has 4 aromatic rings. The normalized spacial score (nSPS) is 14.9. The summed E-state index contributed by atoms with van der Waals surface area (Å²) >= 11 is 7.78. The van der Waals surface area contributed by atoms with Gasteiger partial charge in [-0.2, -0.15) is 4.98 Å². The number of amides is 1. The van der Waals surface area contributed by atoms with E-state index in [-0.39, 0.29) is 5.91 Å². The van der Waals surface area contributed by atoms with Crippen LogP contribution >= 0.6 is 23.4 Å². The number of fused-ring (bicyclic) bond motifs is 1. The zero-order valence-electron chi connectivity index (χ0n) is 18.1. The van der Waals surface area contributed by atoms with Crippen LogP contribution in [0.5, 0.6) is 0 Å². The Labute approximate surface area is 205 Å². The van der Waals surface area contributed by atoms with E-state index < -0.39 is 6.04 Å². The van der Waals surface area contributed by atoms with Crippen molar-refractivity contribution in [1.82, 2.24) is 24.7 Å². The Bertz CT molecular complexity index is 1360. The van der Waals surface area contributed by atoms with Crippen LogP contribution in [0.15, 0.2) is 89.7 Å². The average Bonchev–Trinajstić information content (AvgIpc) is 3.26. The largest absolute Gasteiger partial charge is 0.328 e. The summed E-state index contributed by atoms with van der Waals surface area (Å²) in [7, 11) is 0. The Balaban J connectivity index is 1.48. The molecule has 5 rings (SSSR count). The molecular weight excluding hydrogens is 470 g/mol. The van der Waals surface area contributed by atoms with Crippen molar-refractivity contribution in [2.75, 3.05) is 10.6 Å². The van der Waals surface area contributed by atoms with Gasteiger partial charge in [0.15, 0.2) is 0 Å². The summed E-state index contributed by atoms with van der Waals surface area (Å²) in [6.45, 7) is 1.86. The number of pyridine rings is 2. The zero-order chi connectivity index (χ0) is 23.5. The maximum absolute atomic E-state index is 13.4. The Morgan fingerprint density at radius 1 is 1.12 bits per heavy atom. The average molecular weight is 490 g/mol. The van der Waals surface area contributed by atoms with Gasteiger partial charge < -0.3 is 10.6 Å². The molecule has 34 heavy (non-hydrogen) atoms. The summed E-state index contributed by atoms with van der Waals surface area (Å²) in [5.41, 5.74) is 3.66. The summed E-state index contributed by atoms with van der Waals surface area (Å²) in [6, 6.07) is 14.5. The van der Waals surface area contributed by atoms with Gasteiger partial charge in [-0.25, -0.2) is 4.68 Å². The molecule has 2 N–H and O–H groups in total. The molecule has 0 spiro atoms. The van der Waals surface area contributed by atoms with Crippen molar-refractivity contribution in [2.45, 2.75) is 23.9 Å². The van der Waals surface area contributed by atoms with Crippen molar-refractivity contribution in [1.29, 1.82) is 0 Å². The van der Waals surface area contributed by atoms with Crippen LogP contribution in [0.3, 0.4) is 0 Å². The van der Waals surface area contributed by atoms with E-state index in [0.29, 0.717) is 38.8 Å². The van der Waals surface area contributed by atoms with Crippen molar-refractivity contribution in [2.24, 2.45) is 0 Å². The van der Waals surface area contributed by atoms with Crippen LogP contribution < -0.4 is 10.6 Å². The highest BCUT2D eigenvalue weighted by atomic mass is 35.5. The molecule has 3 aromatic heterocycles. The molecular formula is C24H20ClN7OS. The Hall–Kier alpha value is -3.69. The van der Waals surface area contributed by atoms with Gasteiger partial charge in [0.05, 0.1) is 17.5 Å². The third-order valence-corrected chi connectivity index (χ3v) is 6.57. The van der Waals surface area contributed by atoms with Gasteiger partial charge in [-0.1, -0.05) is 47.6 Å². The second kappa shape index (κ2) is 9.66. The standard InChI is InChI=1S/C24H20ClN7OS/c1-15-20(22(33)29-18-8-5-11-27-13-18)21(16-7-4-10-26-12-16)32-23(28-15)30-24(31-32)34-14-17-6-2-3-9-19(17)25/h2-13,21H,14H2,1H3,(H,29,33)(H,28,30,31). The number of thioether (sulfide) groups is 1. The number of allylic oxidation sites excluding steroid dienone is 1. The van der Waals surface area contributed by atoms with Gasteiger partial charge in [0.1, 0.15) is 6.04 Å². The topological polar surface area (TPSA) is 97.6 Å². The second-order valence-corrected chi connectivity index (χ2v) is 8.94. The van der Waals surface area contributed by atoms with Crippen LogP contribution in [0, 0.1) is 0 Å². The molecule has 0 saturated heterocycles. The molecule has 1 aliphatic heterocycles. The quantitative estimate of drug-likeness (QED) is 0.370. The highest BCUT2D eigenvalue weighted by Crippen LogP contribution is 2.37. The molecule has 10 heteroatoms. The summed E-state index contributed by atoms with van der Waals surface area (Å²) < 4.78 is 1.73. The van der Waals surface area contributed by atoms with Gasteiger partial charge in [-0.05, 0) is 42.3 Å². The Kier molecular flexibility index (Phi) is 6.29. The summed E-state index contributed by atoms with van der Waals surface area (Å²) in [4.78, 5) is 26.4. The lowest BCUT2D eigenvalue weighted by Gasteiger charge is -2.28. The molecule has 1 aromatic carbocycles. The lowest BCUT2D eigenvalue weighted by molar-refractivity contribution is -0.113. The fourth-order valence-electron chi connectivity index (χ4n) is 3.73. The van der Waals surface area contributed by atoms with E-state index in [2.05, 4.69) is 25.6 Å². The van der Waals surface area contributed by atoms with Crippen LogP contribution in [0.4, 0.5) is 11.6 Å². The van der Waals surface area contributed by atoms with Crippen LogP contribution in [0.25, 0.3) is 0 Å². The van der Waals surface area contributed by atoms with Gasteiger partial charge in [0, 0.05) is 35.1 Å². The first-order chi connectivity index (χ1) is 16.6. The maximum Gasteiger partial charge on any atom is 0.255 e. The first-order valence-electron chi connectivity index (χ1n) is 10.5. The molecule has 1 aliphatic rings. The number of aromatic nitrogens is 5. The van der Waals surface area contributed by atoms with Gasteiger partial charge >= 0.3 is 0 Å². The van der Waals surface area contributed by atoms with Crippen molar-refractivity contribution < 1.29 is 4.79 Å². The minimum absolute atomic E-state index is 0.252. The van der Waals surface area contributed by atoms with Gasteiger partial charge in [0.2, 0.25) is 11.1 Å². The van der Waals surface area contributed by atoms with Crippen molar-refractivity contribution >= 4 is 40.9 Å². The number of nitrogens with zero attached hydrogens (tertiary/aromatic N) is 5. The number of carbonyl (C=O) groups excluding carboxylic acids is 1. The van der Waals surface area contributed by atoms with Crippen LogP contribution in [0.2, 0.25) is 5.02 Å². The lowest BCUT2D eigenvalue weighted by Crippen LogP contribution is -2.31. The number of halogens is 1. The summed E-state index contributed by atoms with van der Waals surface area (Å²) in [6.07, 6.45) is 6.70. The Morgan fingerprint density at radius 3 is 2.65 bits per heavy atom. The van der Waals surface area contributed by atoms with E-state index in [9.17, 15) is 4.79 Å². The first kappa shape index (κ1) is 22.1. The molecule has 1 amide bonds. The van der Waals surface area contributed by atoms with Crippen LogP contribution in [-0.4, -0.2) is 30.6 Å². The molecule has 1 atom stereocenters. The van der Waals surface area contributed by atoms with Gasteiger partial charge in [-0.15, -0.1) is 5.10 Å². The molecule has 8 nitrogen and oxygen atoms in total. The molecule has 1 unspecified atom stereocenters. The number of hydrogen-bond donors (Lipinski definition) is 2. The van der Waals surface area contributed by atoms with Crippen molar-refractivity contribution in [3.8, 4) is 0 Å². The number of benzene rings is 1. The second-order valence-electron chi connectivity index (χ2n) is 7.59. The zero-order valence-corrected chi connectivity index (χ0v) is 19.7. The molecule has 0 saturated carbocycles. The van der Waals surface area contributed by atoms with Crippen molar-refractivity contribution in [3.63, 3.8) is 0 Å². The summed E-state index contributed by atoms with van der Waals surface area (Å²) in [5.74, 6) is 0.936. The van der Waals surface area contributed by atoms with E-state index in [1.165, 1.54) is 11.8 Å².